The Morgan fingerprint density at radius 1 is 1.26 bits per heavy atom. The van der Waals surface area contributed by atoms with Crippen LogP contribution in [0.4, 0.5) is 4.79 Å². The zero-order valence-corrected chi connectivity index (χ0v) is 11.2. The number of carbonyl (C=O) groups is 1. The highest BCUT2D eigenvalue weighted by Gasteiger charge is 2.32. The first-order valence-electron chi connectivity index (χ1n) is 5.93. The summed E-state index contributed by atoms with van der Waals surface area (Å²) in [7, 11) is 0. The maximum atomic E-state index is 11.9. The molecule has 1 rings (SSSR count). The lowest BCUT2D eigenvalue weighted by atomic mass is 10.0. The van der Waals surface area contributed by atoms with Gasteiger partial charge in [-0.2, -0.15) is 0 Å². The number of rotatable bonds is 2. The van der Waals surface area contributed by atoms with E-state index in [-0.39, 0.29) is 6.54 Å². The SMILES string of the molecule is CC(C)(C)OC(=O)N1CC[C@@H](N=[N+]=[N-])[C@@H](N=[N+]=[N-])C1. The minimum atomic E-state index is -0.577. The molecule has 0 aromatic carbocycles. The number of likely N-dealkylation sites (tertiary alicyclic amines) is 1. The van der Waals surface area contributed by atoms with Crippen LogP contribution in [0.25, 0.3) is 20.9 Å². The molecule has 9 nitrogen and oxygen atoms in total. The van der Waals surface area contributed by atoms with Crippen LogP contribution in [0, 0.1) is 0 Å². The number of azide groups is 2. The Balaban J connectivity index is 2.73. The van der Waals surface area contributed by atoms with Crippen molar-refractivity contribution in [2.24, 2.45) is 10.2 Å². The van der Waals surface area contributed by atoms with Gasteiger partial charge in [0.1, 0.15) is 5.60 Å². The third kappa shape index (κ3) is 4.57. The van der Waals surface area contributed by atoms with E-state index in [4.69, 9.17) is 15.8 Å². The van der Waals surface area contributed by atoms with Crippen molar-refractivity contribution in [1.82, 2.24) is 4.90 Å². The second-order valence-corrected chi connectivity index (χ2v) is 5.26. The van der Waals surface area contributed by atoms with Crippen LogP contribution in [0.3, 0.4) is 0 Å². The molecule has 0 N–H and O–H groups in total. The highest BCUT2D eigenvalue weighted by molar-refractivity contribution is 5.68. The van der Waals surface area contributed by atoms with E-state index < -0.39 is 23.8 Å². The van der Waals surface area contributed by atoms with Crippen molar-refractivity contribution in [3.05, 3.63) is 20.9 Å². The van der Waals surface area contributed by atoms with Crippen LogP contribution in [-0.2, 0) is 4.74 Å². The van der Waals surface area contributed by atoms with E-state index in [0.717, 1.165) is 0 Å². The van der Waals surface area contributed by atoms with Crippen LogP contribution in [-0.4, -0.2) is 41.8 Å². The standard InChI is InChI=1S/C10H17N7O2/c1-10(2,3)19-9(18)17-5-4-7(13-15-11)8(6-17)14-16-12/h7-8H,4-6H2,1-3H3/t7-,8+/m1/s1. The largest absolute Gasteiger partial charge is 0.444 e. The van der Waals surface area contributed by atoms with Crippen molar-refractivity contribution >= 4 is 6.09 Å². The second kappa shape index (κ2) is 6.17. The van der Waals surface area contributed by atoms with Gasteiger partial charge in [0.15, 0.2) is 0 Å². The number of hydrogen-bond acceptors (Lipinski definition) is 4. The zero-order chi connectivity index (χ0) is 14.5. The summed E-state index contributed by atoms with van der Waals surface area (Å²) in [4.78, 5) is 18.8. The molecule has 104 valence electrons. The van der Waals surface area contributed by atoms with Gasteiger partial charge in [-0.1, -0.05) is 10.2 Å². The molecule has 0 unspecified atom stereocenters. The Hall–Kier alpha value is -2.11. The average Bonchev–Trinajstić information content (AvgIpc) is 2.29. The highest BCUT2D eigenvalue weighted by Crippen LogP contribution is 2.20. The number of carbonyl (C=O) groups excluding carboxylic acids is 1. The molecule has 0 saturated carbocycles. The first kappa shape index (κ1) is 14.9. The Bertz CT molecular complexity index is 432. The molecule has 2 atom stereocenters. The third-order valence-corrected chi connectivity index (χ3v) is 2.60. The third-order valence-electron chi connectivity index (χ3n) is 2.60. The van der Waals surface area contributed by atoms with Gasteiger partial charge < -0.3 is 9.64 Å². The first-order valence-corrected chi connectivity index (χ1v) is 5.93. The van der Waals surface area contributed by atoms with Gasteiger partial charge in [0.05, 0.1) is 6.04 Å². The summed E-state index contributed by atoms with van der Waals surface area (Å²) in [6, 6.07) is -0.971. The monoisotopic (exact) mass is 267 g/mol. The van der Waals surface area contributed by atoms with E-state index in [1.165, 1.54) is 4.90 Å². The number of piperidine rings is 1. The van der Waals surface area contributed by atoms with Gasteiger partial charge in [0.2, 0.25) is 0 Å². The van der Waals surface area contributed by atoms with Gasteiger partial charge in [-0.05, 0) is 38.3 Å². The van der Waals surface area contributed by atoms with Crippen LogP contribution < -0.4 is 0 Å². The van der Waals surface area contributed by atoms with Crippen molar-refractivity contribution in [2.75, 3.05) is 13.1 Å². The summed E-state index contributed by atoms with van der Waals surface area (Å²) in [6.45, 7) is 5.95. The molecule has 0 bridgehead atoms. The summed E-state index contributed by atoms with van der Waals surface area (Å²) >= 11 is 0. The van der Waals surface area contributed by atoms with Crippen LogP contribution in [0.5, 0.6) is 0 Å². The van der Waals surface area contributed by atoms with Gasteiger partial charge >= 0.3 is 6.09 Å². The summed E-state index contributed by atoms with van der Waals surface area (Å²) in [5.41, 5.74) is 16.4. The fourth-order valence-electron chi connectivity index (χ4n) is 1.79. The fraction of sp³-hybridized carbons (Fsp3) is 0.900. The lowest BCUT2D eigenvalue weighted by Gasteiger charge is -2.35. The highest BCUT2D eigenvalue weighted by atomic mass is 16.6. The fourth-order valence-corrected chi connectivity index (χ4v) is 1.79. The van der Waals surface area contributed by atoms with Crippen LogP contribution in [0.1, 0.15) is 27.2 Å². The van der Waals surface area contributed by atoms with Gasteiger partial charge in [-0.25, -0.2) is 4.79 Å². The number of ether oxygens (including phenoxy) is 1. The number of hydrogen-bond donors (Lipinski definition) is 0. The number of nitrogens with zero attached hydrogens (tertiary/aromatic N) is 7. The van der Waals surface area contributed by atoms with Crippen molar-refractivity contribution in [3.8, 4) is 0 Å². The van der Waals surface area contributed by atoms with Crippen molar-refractivity contribution in [3.63, 3.8) is 0 Å². The summed E-state index contributed by atoms with van der Waals surface area (Å²) < 4.78 is 5.25. The summed E-state index contributed by atoms with van der Waals surface area (Å²) in [5.74, 6) is 0. The molecule has 19 heavy (non-hydrogen) atoms. The summed E-state index contributed by atoms with van der Waals surface area (Å²) in [6.07, 6.45) is -0.00230. The van der Waals surface area contributed by atoms with Crippen LogP contribution in [0.2, 0.25) is 0 Å². The molecule has 9 heteroatoms. The van der Waals surface area contributed by atoms with Crippen LogP contribution in [0.15, 0.2) is 10.2 Å². The molecular weight excluding hydrogens is 250 g/mol. The maximum Gasteiger partial charge on any atom is 0.410 e. The smallest absolute Gasteiger partial charge is 0.410 e. The second-order valence-electron chi connectivity index (χ2n) is 5.26. The van der Waals surface area contributed by atoms with E-state index in [1.54, 1.807) is 20.8 Å². The normalized spacial score (nSPS) is 23.0. The Kier molecular flexibility index (Phi) is 4.86. The molecular formula is C10H17N7O2. The van der Waals surface area contributed by atoms with E-state index in [9.17, 15) is 4.79 Å². The molecule has 0 radical (unpaired) electrons. The predicted molar refractivity (Wildman–Crippen MR) is 68.3 cm³/mol. The van der Waals surface area contributed by atoms with Gasteiger partial charge in [0.25, 0.3) is 0 Å². The zero-order valence-electron chi connectivity index (χ0n) is 11.2. The molecule has 0 aromatic rings. The topological polar surface area (TPSA) is 127 Å². The average molecular weight is 267 g/mol. The van der Waals surface area contributed by atoms with Crippen molar-refractivity contribution in [1.29, 1.82) is 0 Å². The Morgan fingerprint density at radius 2 is 1.84 bits per heavy atom. The quantitative estimate of drug-likeness (QED) is 0.433. The summed E-state index contributed by atoms with van der Waals surface area (Å²) in [5, 5.41) is 7.17. The van der Waals surface area contributed by atoms with Crippen molar-refractivity contribution < 1.29 is 9.53 Å². The van der Waals surface area contributed by atoms with Gasteiger partial charge in [-0.15, -0.1) is 0 Å². The number of amides is 1. The van der Waals surface area contributed by atoms with E-state index in [0.29, 0.717) is 13.0 Å². The van der Waals surface area contributed by atoms with Gasteiger partial charge in [0, 0.05) is 29.0 Å². The molecule has 0 aromatic heterocycles. The maximum absolute atomic E-state index is 11.9. The van der Waals surface area contributed by atoms with Gasteiger partial charge in [-0.3, -0.25) is 0 Å². The predicted octanol–water partition coefficient (Wildman–Crippen LogP) is 2.99. The van der Waals surface area contributed by atoms with Crippen molar-refractivity contribution in [2.45, 2.75) is 44.9 Å². The molecule has 1 saturated heterocycles. The van der Waals surface area contributed by atoms with E-state index in [1.807, 2.05) is 0 Å². The molecule has 0 spiro atoms. The molecule has 1 aliphatic heterocycles. The minimum absolute atomic E-state index is 0.197. The Morgan fingerprint density at radius 3 is 2.37 bits per heavy atom. The molecule has 1 amide bonds. The molecule has 1 fully saturated rings. The molecule has 1 aliphatic rings. The van der Waals surface area contributed by atoms with E-state index >= 15 is 0 Å². The molecule has 1 heterocycles. The van der Waals surface area contributed by atoms with E-state index in [2.05, 4.69) is 20.1 Å². The first-order chi connectivity index (χ1) is 8.87. The lowest BCUT2D eigenvalue weighted by Crippen LogP contribution is -2.48. The molecule has 0 aliphatic carbocycles. The minimum Gasteiger partial charge on any atom is -0.444 e. The van der Waals surface area contributed by atoms with Crippen LogP contribution >= 0.6 is 0 Å². The Labute approximate surface area is 110 Å². The lowest BCUT2D eigenvalue weighted by molar-refractivity contribution is 0.0189.